The zero-order valence-corrected chi connectivity index (χ0v) is 12.9. The van der Waals surface area contributed by atoms with Gasteiger partial charge < -0.3 is 9.84 Å². The van der Waals surface area contributed by atoms with Gasteiger partial charge >= 0.3 is 0 Å². The molecule has 1 aliphatic carbocycles. The van der Waals surface area contributed by atoms with E-state index < -0.39 is 0 Å². The highest BCUT2D eigenvalue weighted by atomic mass is 32.1. The summed E-state index contributed by atoms with van der Waals surface area (Å²) >= 11 is 1.68. The average Bonchev–Trinajstić information content (AvgIpc) is 3.02. The van der Waals surface area contributed by atoms with Crippen LogP contribution in [0.15, 0.2) is 15.3 Å². The Morgan fingerprint density at radius 1 is 1.25 bits per heavy atom. The van der Waals surface area contributed by atoms with Gasteiger partial charge in [0.25, 0.3) is 0 Å². The van der Waals surface area contributed by atoms with Gasteiger partial charge in [-0.3, -0.25) is 0 Å². The fourth-order valence-corrected chi connectivity index (χ4v) is 3.86. The third-order valence-corrected chi connectivity index (χ3v) is 5.10. The van der Waals surface area contributed by atoms with Gasteiger partial charge in [0.1, 0.15) is 0 Å². The second-order valence-corrected chi connectivity index (χ2v) is 6.31. The van der Waals surface area contributed by atoms with E-state index in [1.54, 1.807) is 11.3 Å². The Labute approximate surface area is 123 Å². The van der Waals surface area contributed by atoms with E-state index in [2.05, 4.69) is 33.1 Å². The molecule has 1 N–H and O–H groups in total. The predicted octanol–water partition coefficient (Wildman–Crippen LogP) is 3.74. The van der Waals surface area contributed by atoms with Crippen molar-refractivity contribution in [2.45, 2.75) is 51.0 Å². The molecule has 2 unspecified atom stereocenters. The summed E-state index contributed by atoms with van der Waals surface area (Å²) in [6, 6.07) is 0.453. The summed E-state index contributed by atoms with van der Waals surface area (Å²) in [7, 11) is 2.03. The molecular weight excluding hydrogens is 270 g/mol. The first kappa shape index (κ1) is 13.8. The zero-order chi connectivity index (χ0) is 13.9. The minimum Gasteiger partial charge on any atom is -0.339 e. The van der Waals surface area contributed by atoms with Gasteiger partial charge in [-0.1, -0.05) is 24.4 Å². The molecule has 2 heterocycles. The summed E-state index contributed by atoms with van der Waals surface area (Å²) in [6.45, 7) is 2.09. The lowest BCUT2D eigenvalue weighted by atomic mass is 9.95. The second kappa shape index (κ2) is 6.06. The van der Waals surface area contributed by atoms with E-state index in [-0.39, 0.29) is 0 Å². The van der Waals surface area contributed by atoms with Crippen LogP contribution in [-0.4, -0.2) is 23.2 Å². The van der Waals surface area contributed by atoms with E-state index in [4.69, 9.17) is 4.52 Å². The molecule has 2 aromatic heterocycles. The molecule has 0 spiro atoms. The molecule has 0 radical (unpaired) electrons. The highest BCUT2D eigenvalue weighted by Gasteiger charge is 2.29. The molecule has 0 bridgehead atoms. The van der Waals surface area contributed by atoms with Crippen molar-refractivity contribution in [3.63, 3.8) is 0 Å². The standard InChI is InChI=1S/C15H21N3OS/c1-10-8-20-9-12(10)14-17-15(19-18-14)11-6-4-3-5-7-13(11)16-2/h8-9,11,13,16H,3-7H2,1-2H3. The Hall–Kier alpha value is -1.20. The molecule has 108 valence electrons. The maximum absolute atomic E-state index is 5.57. The van der Waals surface area contributed by atoms with E-state index in [1.807, 2.05) is 7.05 Å². The van der Waals surface area contributed by atoms with Crippen LogP contribution in [0.25, 0.3) is 11.4 Å². The van der Waals surface area contributed by atoms with E-state index in [0.717, 1.165) is 23.7 Å². The number of thiophene rings is 1. The van der Waals surface area contributed by atoms with Crippen LogP contribution in [0.4, 0.5) is 0 Å². The first-order valence-electron chi connectivity index (χ1n) is 7.33. The number of hydrogen-bond acceptors (Lipinski definition) is 5. The Morgan fingerprint density at radius 2 is 2.10 bits per heavy atom. The van der Waals surface area contributed by atoms with E-state index in [0.29, 0.717) is 12.0 Å². The van der Waals surface area contributed by atoms with Crippen LogP contribution in [0.5, 0.6) is 0 Å². The van der Waals surface area contributed by atoms with E-state index in [1.165, 1.54) is 31.2 Å². The third-order valence-electron chi connectivity index (χ3n) is 4.24. The minimum atomic E-state index is 0.350. The van der Waals surface area contributed by atoms with Gasteiger partial charge in [0, 0.05) is 17.0 Å². The maximum atomic E-state index is 5.57. The summed E-state index contributed by atoms with van der Waals surface area (Å²) in [5, 5.41) is 11.8. The van der Waals surface area contributed by atoms with Crippen molar-refractivity contribution < 1.29 is 4.52 Å². The van der Waals surface area contributed by atoms with Gasteiger partial charge in [0.05, 0.1) is 5.92 Å². The molecule has 0 amide bonds. The van der Waals surface area contributed by atoms with E-state index >= 15 is 0 Å². The molecule has 1 aliphatic rings. The molecule has 0 aromatic carbocycles. The molecule has 1 saturated carbocycles. The highest BCUT2D eigenvalue weighted by molar-refractivity contribution is 7.08. The van der Waals surface area contributed by atoms with Crippen LogP contribution in [0, 0.1) is 6.92 Å². The smallest absolute Gasteiger partial charge is 0.231 e. The van der Waals surface area contributed by atoms with Crippen molar-refractivity contribution in [3.8, 4) is 11.4 Å². The Morgan fingerprint density at radius 3 is 2.85 bits per heavy atom. The molecule has 0 aliphatic heterocycles. The van der Waals surface area contributed by atoms with Gasteiger partial charge in [-0.2, -0.15) is 16.3 Å². The quantitative estimate of drug-likeness (QED) is 0.875. The van der Waals surface area contributed by atoms with Crippen LogP contribution in [0.1, 0.15) is 49.5 Å². The van der Waals surface area contributed by atoms with Gasteiger partial charge in [0.15, 0.2) is 0 Å². The first-order chi connectivity index (χ1) is 9.79. The molecule has 1 fully saturated rings. The fraction of sp³-hybridized carbons (Fsp3) is 0.600. The number of likely N-dealkylation sites (N-methyl/N-ethyl adjacent to an activating group) is 1. The van der Waals surface area contributed by atoms with Crippen molar-refractivity contribution in [3.05, 3.63) is 22.2 Å². The minimum absolute atomic E-state index is 0.350. The summed E-state index contributed by atoms with van der Waals surface area (Å²) in [6.07, 6.45) is 6.16. The van der Waals surface area contributed by atoms with Crippen LogP contribution in [0.3, 0.4) is 0 Å². The maximum Gasteiger partial charge on any atom is 0.231 e. The lowest BCUT2D eigenvalue weighted by Crippen LogP contribution is -2.31. The molecular formula is C15H21N3OS. The van der Waals surface area contributed by atoms with Gasteiger partial charge in [0.2, 0.25) is 11.7 Å². The van der Waals surface area contributed by atoms with E-state index in [9.17, 15) is 0 Å². The van der Waals surface area contributed by atoms with Crippen molar-refractivity contribution in [2.24, 2.45) is 0 Å². The molecule has 4 nitrogen and oxygen atoms in total. The Kier molecular flexibility index (Phi) is 4.17. The molecule has 2 atom stereocenters. The molecule has 3 rings (SSSR count). The summed E-state index contributed by atoms with van der Waals surface area (Å²) in [5.74, 6) is 1.88. The fourth-order valence-electron chi connectivity index (χ4n) is 3.03. The molecule has 20 heavy (non-hydrogen) atoms. The van der Waals surface area contributed by atoms with Crippen molar-refractivity contribution in [1.82, 2.24) is 15.5 Å². The predicted molar refractivity (Wildman–Crippen MR) is 81.0 cm³/mol. The number of aryl methyl sites for hydroxylation is 1. The normalized spacial score (nSPS) is 23.7. The number of rotatable bonds is 3. The van der Waals surface area contributed by atoms with Crippen LogP contribution in [-0.2, 0) is 0 Å². The van der Waals surface area contributed by atoms with Crippen LogP contribution >= 0.6 is 11.3 Å². The van der Waals surface area contributed by atoms with Gasteiger partial charge in [-0.05, 0) is 37.8 Å². The lowest BCUT2D eigenvalue weighted by Gasteiger charge is -2.20. The lowest BCUT2D eigenvalue weighted by molar-refractivity contribution is 0.311. The van der Waals surface area contributed by atoms with Gasteiger partial charge in [-0.15, -0.1) is 0 Å². The van der Waals surface area contributed by atoms with Crippen LogP contribution in [0.2, 0.25) is 0 Å². The monoisotopic (exact) mass is 291 g/mol. The summed E-state index contributed by atoms with van der Waals surface area (Å²) < 4.78 is 5.57. The third kappa shape index (κ3) is 2.65. The summed E-state index contributed by atoms with van der Waals surface area (Å²) in [4.78, 5) is 4.67. The van der Waals surface area contributed by atoms with Crippen molar-refractivity contribution in [1.29, 1.82) is 0 Å². The van der Waals surface area contributed by atoms with Crippen molar-refractivity contribution >= 4 is 11.3 Å². The van der Waals surface area contributed by atoms with Crippen molar-refractivity contribution in [2.75, 3.05) is 7.05 Å². The largest absolute Gasteiger partial charge is 0.339 e. The molecule has 5 heteroatoms. The topological polar surface area (TPSA) is 51.0 Å². The highest BCUT2D eigenvalue weighted by Crippen LogP contribution is 2.33. The van der Waals surface area contributed by atoms with Gasteiger partial charge in [-0.25, -0.2) is 0 Å². The Balaban J connectivity index is 1.86. The number of nitrogens with one attached hydrogen (secondary N) is 1. The SMILES string of the molecule is CNC1CCCCCC1c1nc(-c2cscc2C)no1. The summed E-state index contributed by atoms with van der Waals surface area (Å²) in [5.41, 5.74) is 2.31. The number of hydrogen-bond donors (Lipinski definition) is 1. The second-order valence-electron chi connectivity index (χ2n) is 5.56. The molecule has 0 saturated heterocycles. The average molecular weight is 291 g/mol. The Bertz CT molecular complexity index is 563. The number of nitrogens with zero attached hydrogens (tertiary/aromatic N) is 2. The first-order valence-corrected chi connectivity index (χ1v) is 8.28. The number of aromatic nitrogens is 2. The zero-order valence-electron chi connectivity index (χ0n) is 12.1. The van der Waals surface area contributed by atoms with Crippen LogP contribution < -0.4 is 5.32 Å². The molecule has 2 aromatic rings.